The highest BCUT2D eigenvalue weighted by Gasteiger charge is 2.19. The van der Waals surface area contributed by atoms with E-state index in [0.717, 1.165) is 33.4 Å². The number of ether oxygens (including phenoxy) is 2. The Morgan fingerprint density at radius 2 is 1.76 bits per heavy atom. The molecule has 13 heteroatoms. The number of rotatable bonds is 11. The molecule has 4 heterocycles. The maximum Gasteiger partial charge on any atom is 0.268 e. The largest absolute Gasteiger partial charge is 0.453 e. The fourth-order valence-electron chi connectivity index (χ4n) is 5.08. The van der Waals surface area contributed by atoms with E-state index in [2.05, 4.69) is 20.6 Å². The van der Waals surface area contributed by atoms with E-state index in [-0.39, 0.29) is 29.4 Å². The third-order valence-corrected chi connectivity index (χ3v) is 8.87. The Labute approximate surface area is 291 Å². The average Bonchev–Trinajstić information content (AvgIpc) is 3.53. The number of hydrogen-bond acceptors (Lipinski definition) is 8. The summed E-state index contributed by atoms with van der Waals surface area (Å²) in [6.45, 7) is 5.56. The molecule has 0 aliphatic carbocycles. The summed E-state index contributed by atoms with van der Waals surface area (Å²) in [5.74, 6) is -1.50. The van der Waals surface area contributed by atoms with Crippen LogP contribution in [0.2, 0.25) is 0 Å². The molecule has 0 saturated carbocycles. The van der Waals surface area contributed by atoms with Crippen LogP contribution in [0.5, 0.6) is 11.5 Å². The zero-order chi connectivity index (χ0) is 33.8. The van der Waals surface area contributed by atoms with Gasteiger partial charge in [0.1, 0.15) is 17.1 Å². The molecule has 252 valence electrons. The van der Waals surface area contributed by atoms with Gasteiger partial charge in [-0.15, -0.1) is 23.7 Å². The molecular formula is C36H32ClF2N5O4S. The number of anilines is 1. The number of halogens is 3. The van der Waals surface area contributed by atoms with E-state index < -0.39 is 23.1 Å². The number of nitrogens with zero attached hydrogens (tertiary/aromatic N) is 3. The maximum absolute atomic E-state index is 15.3. The van der Waals surface area contributed by atoms with Gasteiger partial charge in [-0.05, 0) is 79.6 Å². The standard InChI is InChI=1S/C36H31F2N5O4S.ClH/c1-21-16-27(36(45)43(22(21)2)26-8-5-24(37)6-9-26)35(44)42-25-7-11-31(28(38)17-25)47-32-12-13-40-30-18-33(48-34(30)32)29-10-4-23(20-41-29)19-39-14-15-46-3;/h4-13,16-18,20,39H,14-15,19H2,1-3H3,(H,42,44);1H. The molecule has 0 bridgehead atoms. The molecule has 0 fully saturated rings. The van der Waals surface area contributed by atoms with Crippen molar-refractivity contribution in [2.45, 2.75) is 20.4 Å². The molecule has 0 saturated heterocycles. The number of aromatic nitrogens is 3. The minimum absolute atomic E-state index is 0. The number of carbonyl (C=O) groups excluding carboxylic acids is 1. The van der Waals surface area contributed by atoms with Crippen molar-refractivity contribution in [1.29, 1.82) is 0 Å². The maximum atomic E-state index is 15.3. The zero-order valence-corrected chi connectivity index (χ0v) is 28.4. The number of pyridine rings is 3. The molecule has 0 aliphatic heterocycles. The zero-order valence-electron chi connectivity index (χ0n) is 26.8. The van der Waals surface area contributed by atoms with Crippen LogP contribution in [-0.2, 0) is 11.3 Å². The molecule has 0 spiro atoms. The third-order valence-electron chi connectivity index (χ3n) is 7.70. The van der Waals surface area contributed by atoms with Crippen molar-refractivity contribution >= 4 is 45.6 Å². The van der Waals surface area contributed by atoms with Crippen LogP contribution in [-0.4, -0.2) is 40.7 Å². The molecule has 0 atom stereocenters. The highest BCUT2D eigenvalue weighted by molar-refractivity contribution is 7.22. The minimum Gasteiger partial charge on any atom is -0.453 e. The van der Waals surface area contributed by atoms with Gasteiger partial charge in [-0.1, -0.05) is 6.07 Å². The second kappa shape index (κ2) is 15.5. The molecule has 0 aliphatic rings. The first-order valence-electron chi connectivity index (χ1n) is 15.0. The molecule has 6 aromatic rings. The van der Waals surface area contributed by atoms with Crippen molar-refractivity contribution in [1.82, 2.24) is 19.9 Å². The number of methoxy groups -OCH3 is 1. The Kier molecular flexibility index (Phi) is 11.1. The lowest BCUT2D eigenvalue weighted by atomic mass is 10.1. The molecular weight excluding hydrogens is 672 g/mol. The lowest BCUT2D eigenvalue weighted by Crippen LogP contribution is -2.30. The monoisotopic (exact) mass is 703 g/mol. The van der Waals surface area contributed by atoms with Crippen molar-refractivity contribution < 1.29 is 23.0 Å². The van der Waals surface area contributed by atoms with E-state index in [1.54, 1.807) is 33.2 Å². The summed E-state index contributed by atoms with van der Waals surface area (Å²) >= 11 is 1.43. The fourth-order valence-corrected chi connectivity index (χ4v) is 6.12. The molecule has 2 N–H and O–H groups in total. The van der Waals surface area contributed by atoms with Gasteiger partial charge in [0, 0.05) is 61.8 Å². The summed E-state index contributed by atoms with van der Waals surface area (Å²) in [6, 6.07) is 18.4. The van der Waals surface area contributed by atoms with Crippen LogP contribution in [0.15, 0.2) is 90.0 Å². The molecule has 49 heavy (non-hydrogen) atoms. The van der Waals surface area contributed by atoms with Crippen LogP contribution in [0, 0.1) is 25.5 Å². The topological polar surface area (TPSA) is 107 Å². The van der Waals surface area contributed by atoms with Crippen LogP contribution < -0.4 is 20.9 Å². The molecule has 6 rings (SSSR count). The van der Waals surface area contributed by atoms with Crippen LogP contribution in [0.25, 0.3) is 26.5 Å². The summed E-state index contributed by atoms with van der Waals surface area (Å²) in [5, 5.41) is 5.90. The lowest BCUT2D eigenvalue weighted by molar-refractivity contribution is 0.102. The molecule has 0 radical (unpaired) electrons. The number of benzene rings is 2. The van der Waals surface area contributed by atoms with E-state index in [1.807, 2.05) is 24.4 Å². The van der Waals surface area contributed by atoms with Crippen molar-refractivity contribution in [2.24, 2.45) is 0 Å². The van der Waals surface area contributed by atoms with Gasteiger partial charge in [0.05, 0.1) is 27.4 Å². The van der Waals surface area contributed by atoms with Gasteiger partial charge < -0.3 is 20.1 Å². The van der Waals surface area contributed by atoms with E-state index in [9.17, 15) is 14.0 Å². The van der Waals surface area contributed by atoms with Crippen molar-refractivity contribution in [3.8, 4) is 27.8 Å². The summed E-state index contributed by atoms with van der Waals surface area (Å²) in [6.07, 6.45) is 3.41. The summed E-state index contributed by atoms with van der Waals surface area (Å²) in [4.78, 5) is 36.5. The number of amides is 1. The van der Waals surface area contributed by atoms with E-state index >= 15 is 4.39 Å². The Bertz CT molecular complexity index is 2170. The second-order valence-corrected chi connectivity index (χ2v) is 12.1. The number of fused-ring (bicyclic) bond motifs is 1. The van der Waals surface area contributed by atoms with Gasteiger partial charge in [0.2, 0.25) is 0 Å². The van der Waals surface area contributed by atoms with Crippen LogP contribution in [0.4, 0.5) is 14.5 Å². The highest BCUT2D eigenvalue weighted by Crippen LogP contribution is 2.39. The molecule has 1 amide bonds. The van der Waals surface area contributed by atoms with Crippen molar-refractivity contribution in [3.05, 3.63) is 130 Å². The summed E-state index contributed by atoms with van der Waals surface area (Å²) < 4.78 is 42.0. The first kappa shape index (κ1) is 35.3. The molecule has 9 nitrogen and oxygen atoms in total. The Morgan fingerprint density at radius 3 is 2.47 bits per heavy atom. The van der Waals surface area contributed by atoms with Gasteiger partial charge in [0.25, 0.3) is 11.5 Å². The van der Waals surface area contributed by atoms with E-state index in [1.165, 1.54) is 58.4 Å². The number of aryl methyl sites for hydroxylation is 1. The van der Waals surface area contributed by atoms with Gasteiger partial charge in [-0.25, -0.2) is 8.78 Å². The summed E-state index contributed by atoms with van der Waals surface area (Å²) in [5.41, 5.74) is 3.63. The van der Waals surface area contributed by atoms with Crippen LogP contribution >= 0.6 is 23.7 Å². The molecule has 0 unspecified atom stereocenters. The fraction of sp³-hybridized carbons (Fsp3) is 0.167. The lowest BCUT2D eigenvalue weighted by Gasteiger charge is -2.15. The van der Waals surface area contributed by atoms with Crippen molar-refractivity contribution in [3.63, 3.8) is 0 Å². The van der Waals surface area contributed by atoms with Gasteiger partial charge in [-0.2, -0.15) is 0 Å². The number of nitrogens with one attached hydrogen (secondary N) is 2. The number of carbonyl (C=O) groups is 1. The average molecular weight is 704 g/mol. The van der Waals surface area contributed by atoms with Crippen molar-refractivity contribution in [2.75, 3.05) is 25.6 Å². The smallest absolute Gasteiger partial charge is 0.268 e. The predicted octanol–water partition coefficient (Wildman–Crippen LogP) is 7.61. The van der Waals surface area contributed by atoms with E-state index in [4.69, 9.17) is 9.47 Å². The Balaban J connectivity index is 0.00000468. The first-order valence-corrected chi connectivity index (χ1v) is 15.8. The number of thiophene rings is 1. The predicted molar refractivity (Wildman–Crippen MR) is 190 cm³/mol. The Hall–Kier alpha value is -5.01. The van der Waals surface area contributed by atoms with Crippen LogP contribution in [0.3, 0.4) is 0 Å². The minimum atomic E-state index is -0.713. The van der Waals surface area contributed by atoms with E-state index in [0.29, 0.717) is 41.4 Å². The number of hydrogen-bond donors (Lipinski definition) is 2. The van der Waals surface area contributed by atoms with Gasteiger partial charge >= 0.3 is 0 Å². The summed E-state index contributed by atoms with van der Waals surface area (Å²) in [7, 11) is 1.66. The SMILES string of the molecule is COCCNCc1ccc(-c2cc3nccc(Oc4ccc(NC(=O)c5cc(C)c(C)n(-c6ccc(F)cc6)c5=O)cc4F)c3s2)nc1.Cl. The quantitative estimate of drug-likeness (QED) is 0.134. The van der Waals surface area contributed by atoms with Gasteiger partial charge in [0.15, 0.2) is 11.6 Å². The second-order valence-electron chi connectivity index (χ2n) is 11.0. The molecule has 4 aromatic heterocycles. The normalized spacial score (nSPS) is 11.0. The third kappa shape index (κ3) is 7.84. The van der Waals surface area contributed by atoms with Crippen LogP contribution in [0.1, 0.15) is 27.2 Å². The first-order chi connectivity index (χ1) is 23.2. The highest BCUT2D eigenvalue weighted by atomic mass is 35.5. The van der Waals surface area contributed by atoms with Gasteiger partial charge in [-0.3, -0.25) is 24.1 Å². The Morgan fingerprint density at radius 1 is 0.959 bits per heavy atom. The molecule has 2 aromatic carbocycles.